The van der Waals surface area contributed by atoms with E-state index in [1.165, 1.54) is 11.3 Å². The summed E-state index contributed by atoms with van der Waals surface area (Å²) in [7, 11) is 0. The van der Waals surface area contributed by atoms with Crippen molar-refractivity contribution in [2.45, 2.75) is 12.8 Å². The van der Waals surface area contributed by atoms with E-state index >= 15 is 0 Å². The second-order valence-electron chi connectivity index (χ2n) is 5.43. The van der Waals surface area contributed by atoms with Crippen LogP contribution in [0.15, 0.2) is 47.8 Å². The zero-order valence-electron chi connectivity index (χ0n) is 11.4. The first-order valence-electron chi connectivity index (χ1n) is 7.03. The van der Waals surface area contributed by atoms with Crippen LogP contribution < -0.4 is 4.90 Å². The van der Waals surface area contributed by atoms with Crippen molar-refractivity contribution >= 4 is 11.4 Å². The first kappa shape index (κ1) is 12.1. The van der Waals surface area contributed by atoms with Crippen molar-refractivity contribution < 1.29 is 5.11 Å². The molecule has 4 heteroatoms. The van der Waals surface area contributed by atoms with Gasteiger partial charge in [0.2, 0.25) is 0 Å². The molecular formula is C17H14N2O2. The summed E-state index contributed by atoms with van der Waals surface area (Å²) in [4.78, 5) is 13.1. The van der Waals surface area contributed by atoms with Crippen LogP contribution in [-0.4, -0.2) is 11.7 Å². The smallest absolute Gasteiger partial charge is 0.150 e. The van der Waals surface area contributed by atoms with Gasteiger partial charge in [0.15, 0.2) is 0 Å². The van der Waals surface area contributed by atoms with Gasteiger partial charge in [-0.05, 0) is 46.8 Å². The Labute approximate surface area is 122 Å². The Morgan fingerprint density at radius 1 is 1.14 bits per heavy atom. The summed E-state index contributed by atoms with van der Waals surface area (Å²) in [6, 6.07) is 9.63. The maximum absolute atomic E-state index is 10.9. The van der Waals surface area contributed by atoms with E-state index in [2.05, 4.69) is 34.5 Å². The van der Waals surface area contributed by atoms with Crippen LogP contribution in [0.5, 0.6) is 5.75 Å². The number of anilines is 1. The number of phenolic OH excluding ortho intramolecular Hbond substituents is 1. The molecule has 2 heterocycles. The van der Waals surface area contributed by atoms with Crippen LogP contribution in [0.2, 0.25) is 0 Å². The van der Waals surface area contributed by atoms with Crippen LogP contribution in [-0.2, 0) is 12.8 Å². The highest BCUT2D eigenvalue weighted by Crippen LogP contribution is 2.44. The molecule has 0 unspecified atom stereocenters. The van der Waals surface area contributed by atoms with Crippen LogP contribution in [0.3, 0.4) is 0 Å². The number of fused-ring (bicyclic) bond motifs is 2. The fourth-order valence-corrected chi connectivity index (χ4v) is 3.27. The lowest BCUT2D eigenvalue weighted by Gasteiger charge is -2.27. The fourth-order valence-electron chi connectivity index (χ4n) is 3.27. The first-order chi connectivity index (χ1) is 10.3. The molecule has 2 aromatic carbocycles. The standard InChI is InChI=1S/C17H14N2O2/c20-16-9-12-6-8-19-7-2-4-11-3-1-5-13(17(11)19)14(12)10-15(16)18-21/h1-3,5,7,9-10,20H,4,6,8H2. The van der Waals surface area contributed by atoms with Crippen molar-refractivity contribution in [1.82, 2.24) is 0 Å². The van der Waals surface area contributed by atoms with E-state index in [9.17, 15) is 10.0 Å². The lowest BCUT2D eigenvalue weighted by Crippen LogP contribution is -2.21. The molecule has 0 saturated carbocycles. The van der Waals surface area contributed by atoms with Crippen LogP contribution in [0.1, 0.15) is 11.1 Å². The van der Waals surface area contributed by atoms with Crippen molar-refractivity contribution in [3.05, 3.63) is 58.6 Å². The number of rotatable bonds is 1. The summed E-state index contributed by atoms with van der Waals surface area (Å²) in [5, 5.41) is 12.8. The second-order valence-corrected chi connectivity index (χ2v) is 5.43. The molecule has 0 fully saturated rings. The van der Waals surface area contributed by atoms with Crippen molar-refractivity contribution in [1.29, 1.82) is 0 Å². The van der Waals surface area contributed by atoms with Gasteiger partial charge in [-0.1, -0.05) is 24.3 Å². The molecule has 0 amide bonds. The van der Waals surface area contributed by atoms with E-state index in [4.69, 9.17) is 0 Å². The highest BCUT2D eigenvalue weighted by molar-refractivity contribution is 5.87. The van der Waals surface area contributed by atoms with Crippen molar-refractivity contribution in [3.8, 4) is 16.9 Å². The van der Waals surface area contributed by atoms with E-state index in [0.29, 0.717) is 0 Å². The Balaban J connectivity index is 2.03. The Hall–Kier alpha value is -2.62. The Bertz CT molecular complexity index is 781. The van der Waals surface area contributed by atoms with Crippen LogP contribution in [0.4, 0.5) is 11.4 Å². The van der Waals surface area contributed by atoms with Gasteiger partial charge in [-0.2, -0.15) is 0 Å². The Morgan fingerprint density at radius 3 is 2.90 bits per heavy atom. The third-order valence-corrected chi connectivity index (χ3v) is 4.24. The Morgan fingerprint density at radius 2 is 2.05 bits per heavy atom. The summed E-state index contributed by atoms with van der Waals surface area (Å²) in [5.41, 5.74) is 5.76. The zero-order chi connectivity index (χ0) is 14.4. The number of nitroso groups, excluding NO2 is 1. The van der Waals surface area contributed by atoms with Crippen LogP contribution in [0, 0.1) is 4.91 Å². The Kier molecular flexibility index (Phi) is 2.57. The molecule has 0 atom stereocenters. The van der Waals surface area contributed by atoms with E-state index in [1.54, 1.807) is 12.1 Å². The average Bonchev–Trinajstić information content (AvgIpc) is 2.66. The average molecular weight is 278 g/mol. The van der Waals surface area contributed by atoms with Crippen molar-refractivity contribution in [2.75, 3.05) is 11.4 Å². The minimum Gasteiger partial charge on any atom is -0.506 e. The quantitative estimate of drug-likeness (QED) is 0.805. The molecule has 0 saturated heterocycles. The van der Waals surface area contributed by atoms with Gasteiger partial charge in [0, 0.05) is 18.3 Å². The largest absolute Gasteiger partial charge is 0.506 e. The summed E-state index contributed by atoms with van der Waals surface area (Å²) in [6.07, 6.45) is 6.03. The normalized spacial score (nSPS) is 15.1. The maximum atomic E-state index is 10.9. The van der Waals surface area contributed by atoms with Gasteiger partial charge in [0.1, 0.15) is 11.4 Å². The number of phenols is 1. The molecule has 0 spiro atoms. The van der Waals surface area contributed by atoms with Gasteiger partial charge in [0.25, 0.3) is 0 Å². The third-order valence-electron chi connectivity index (χ3n) is 4.24. The summed E-state index contributed by atoms with van der Waals surface area (Å²) >= 11 is 0. The van der Waals surface area contributed by atoms with Gasteiger partial charge in [-0.15, -0.1) is 4.91 Å². The topological polar surface area (TPSA) is 52.9 Å². The minimum atomic E-state index is -0.0414. The van der Waals surface area contributed by atoms with E-state index < -0.39 is 0 Å². The lowest BCUT2D eigenvalue weighted by atomic mass is 9.93. The number of benzene rings is 2. The highest BCUT2D eigenvalue weighted by Gasteiger charge is 2.24. The molecule has 1 N–H and O–H groups in total. The van der Waals surface area contributed by atoms with Crippen molar-refractivity contribution in [2.24, 2.45) is 5.18 Å². The first-order valence-corrected chi connectivity index (χ1v) is 7.03. The number of allylic oxidation sites excluding steroid dienone is 1. The molecule has 4 rings (SSSR count). The minimum absolute atomic E-state index is 0.0414. The monoisotopic (exact) mass is 278 g/mol. The number of aromatic hydroxyl groups is 1. The molecule has 104 valence electrons. The number of hydrogen-bond acceptors (Lipinski definition) is 4. The SMILES string of the molecule is O=Nc1cc2c(cc1O)CCN1C=CCc3cccc-2c31. The van der Waals surface area contributed by atoms with Gasteiger partial charge < -0.3 is 10.0 Å². The second kappa shape index (κ2) is 4.45. The number of hydrogen-bond donors (Lipinski definition) is 1. The molecule has 2 aliphatic rings. The summed E-state index contributed by atoms with van der Waals surface area (Å²) in [5.74, 6) is -0.0414. The molecular weight excluding hydrogens is 264 g/mol. The number of nitrogens with zero attached hydrogens (tertiary/aromatic N) is 2. The predicted octanol–water partition coefficient (Wildman–Crippen LogP) is 3.89. The molecule has 2 aliphatic heterocycles. The van der Waals surface area contributed by atoms with E-state index in [1.807, 2.05) is 6.07 Å². The van der Waals surface area contributed by atoms with Gasteiger partial charge >= 0.3 is 0 Å². The van der Waals surface area contributed by atoms with Crippen LogP contribution >= 0.6 is 0 Å². The maximum Gasteiger partial charge on any atom is 0.150 e. The molecule has 0 radical (unpaired) electrons. The van der Waals surface area contributed by atoms with E-state index in [0.717, 1.165) is 36.1 Å². The molecule has 0 bridgehead atoms. The van der Waals surface area contributed by atoms with Gasteiger partial charge in [0.05, 0.1) is 5.69 Å². The van der Waals surface area contributed by atoms with Gasteiger partial charge in [-0.3, -0.25) is 0 Å². The van der Waals surface area contributed by atoms with Crippen molar-refractivity contribution in [3.63, 3.8) is 0 Å². The van der Waals surface area contributed by atoms with E-state index in [-0.39, 0.29) is 11.4 Å². The van der Waals surface area contributed by atoms with Crippen LogP contribution in [0.25, 0.3) is 11.1 Å². The molecule has 2 aromatic rings. The third kappa shape index (κ3) is 1.76. The van der Waals surface area contributed by atoms with Gasteiger partial charge in [-0.25, -0.2) is 0 Å². The summed E-state index contributed by atoms with van der Waals surface area (Å²) in [6.45, 7) is 0.862. The lowest BCUT2D eigenvalue weighted by molar-refractivity contribution is 0.476. The highest BCUT2D eigenvalue weighted by atomic mass is 16.3. The number of para-hydroxylation sites is 1. The zero-order valence-corrected chi connectivity index (χ0v) is 11.4. The molecule has 0 aliphatic carbocycles. The molecule has 4 nitrogen and oxygen atoms in total. The summed E-state index contributed by atoms with van der Waals surface area (Å²) < 4.78 is 0. The predicted molar refractivity (Wildman–Crippen MR) is 82.9 cm³/mol. The fraction of sp³-hybridized carbons (Fsp3) is 0.176. The molecule has 21 heavy (non-hydrogen) atoms. The molecule has 0 aromatic heterocycles.